The van der Waals surface area contributed by atoms with Crippen LogP contribution in [0, 0.1) is 5.92 Å². The van der Waals surface area contributed by atoms with Crippen molar-refractivity contribution in [3.05, 3.63) is 23.9 Å². The van der Waals surface area contributed by atoms with E-state index < -0.39 is 16.1 Å². The smallest absolute Gasteiger partial charge is 0.310 e. The molecule has 2 heterocycles. The molecule has 0 spiro atoms. The Morgan fingerprint density at radius 2 is 2.07 bits per heavy atom. The van der Waals surface area contributed by atoms with Gasteiger partial charge in [-0.25, -0.2) is 4.98 Å². The third-order valence-electron chi connectivity index (χ3n) is 5.19. The Bertz CT molecular complexity index is 765. The van der Waals surface area contributed by atoms with Crippen molar-refractivity contribution in [3.63, 3.8) is 0 Å². The summed E-state index contributed by atoms with van der Waals surface area (Å²) in [5.41, 5.74) is 0.783. The number of carbonyl (C=O) groups is 1. The third-order valence-corrected chi connectivity index (χ3v) is 6.71. The van der Waals surface area contributed by atoms with Gasteiger partial charge >= 0.3 is 5.97 Å². The predicted octanol–water partition coefficient (Wildman–Crippen LogP) is 2.01. The van der Waals surface area contributed by atoms with Crippen LogP contribution in [-0.2, 0) is 26.3 Å². The van der Waals surface area contributed by atoms with Gasteiger partial charge in [0.05, 0.1) is 12.5 Å². The Morgan fingerprint density at radius 1 is 1.29 bits per heavy atom. The normalized spacial score (nSPS) is 21.5. The van der Waals surface area contributed by atoms with Gasteiger partial charge in [0.2, 0.25) is 5.88 Å². The molecule has 156 valence electrons. The molecule has 1 aromatic rings. The van der Waals surface area contributed by atoms with Crippen LogP contribution in [0.4, 0.5) is 0 Å². The molecule has 0 aromatic carbocycles. The van der Waals surface area contributed by atoms with E-state index in [0.29, 0.717) is 31.9 Å². The minimum atomic E-state index is -3.68. The van der Waals surface area contributed by atoms with E-state index in [9.17, 15) is 13.2 Å². The highest BCUT2D eigenvalue weighted by atomic mass is 32.2. The van der Waals surface area contributed by atoms with Crippen LogP contribution < -0.4 is 9.46 Å². The molecule has 1 aliphatic carbocycles. The molecular formula is C19H29N3O5S. The molecule has 8 nitrogen and oxygen atoms in total. The fourth-order valence-electron chi connectivity index (χ4n) is 3.68. The second kappa shape index (κ2) is 9.67. The van der Waals surface area contributed by atoms with Gasteiger partial charge in [-0.3, -0.25) is 4.79 Å². The maximum Gasteiger partial charge on any atom is 0.310 e. The Labute approximate surface area is 166 Å². The minimum Gasteiger partial charge on any atom is -0.474 e. The maximum atomic E-state index is 12.7. The van der Waals surface area contributed by atoms with E-state index in [1.54, 1.807) is 25.3 Å². The average molecular weight is 412 g/mol. The first-order chi connectivity index (χ1) is 13.5. The standard InChI is InChI=1S/C19H29N3O5S/c1-2-26-19(23)16-6-5-11-22(14-16)28(24,25)21-13-15-9-10-20-18(12-15)27-17-7-3-4-8-17/h9-10,12,16-17,21H,2-8,11,13-14H2,1H3/t16-/m0/s1. The number of carbonyl (C=O) groups excluding carboxylic acids is 1. The molecule has 2 aliphatic rings. The molecule has 1 atom stereocenters. The van der Waals surface area contributed by atoms with Gasteiger partial charge in [0.25, 0.3) is 10.2 Å². The van der Waals surface area contributed by atoms with Crippen LogP contribution in [0.25, 0.3) is 0 Å². The summed E-state index contributed by atoms with van der Waals surface area (Å²) < 4.78 is 40.2. The van der Waals surface area contributed by atoms with Crippen LogP contribution in [0.2, 0.25) is 0 Å². The zero-order valence-corrected chi connectivity index (χ0v) is 17.1. The summed E-state index contributed by atoms with van der Waals surface area (Å²) >= 11 is 0. The van der Waals surface area contributed by atoms with Crippen LogP contribution in [0.1, 0.15) is 51.0 Å². The van der Waals surface area contributed by atoms with Crippen LogP contribution in [0.5, 0.6) is 5.88 Å². The first-order valence-corrected chi connectivity index (χ1v) is 11.4. The monoisotopic (exact) mass is 411 g/mol. The van der Waals surface area contributed by atoms with Crippen molar-refractivity contribution in [1.29, 1.82) is 0 Å². The van der Waals surface area contributed by atoms with E-state index in [0.717, 1.165) is 18.4 Å². The molecule has 0 unspecified atom stereocenters. The van der Waals surface area contributed by atoms with Crippen molar-refractivity contribution < 1.29 is 22.7 Å². The molecule has 1 aromatic heterocycles. The number of rotatable bonds is 8. The topological polar surface area (TPSA) is 97.8 Å². The van der Waals surface area contributed by atoms with E-state index in [2.05, 4.69) is 9.71 Å². The molecule has 0 amide bonds. The van der Waals surface area contributed by atoms with Gasteiger partial charge in [-0.2, -0.15) is 17.4 Å². The number of piperidine rings is 1. The predicted molar refractivity (Wildman–Crippen MR) is 104 cm³/mol. The lowest BCUT2D eigenvalue weighted by molar-refractivity contribution is -0.149. The highest BCUT2D eigenvalue weighted by molar-refractivity contribution is 7.87. The second-order valence-electron chi connectivity index (χ2n) is 7.30. The molecule has 1 saturated heterocycles. The summed E-state index contributed by atoms with van der Waals surface area (Å²) in [5, 5.41) is 0. The summed E-state index contributed by atoms with van der Waals surface area (Å²) in [6.07, 6.45) is 7.54. The van der Waals surface area contributed by atoms with Gasteiger partial charge < -0.3 is 9.47 Å². The van der Waals surface area contributed by atoms with Gasteiger partial charge in [0.15, 0.2) is 0 Å². The minimum absolute atomic E-state index is 0.145. The highest BCUT2D eigenvalue weighted by Gasteiger charge is 2.32. The van der Waals surface area contributed by atoms with E-state index in [4.69, 9.17) is 9.47 Å². The Kier molecular flexibility index (Phi) is 7.25. The number of hydrogen-bond donors (Lipinski definition) is 1. The van der Waals surface area contributed by atoms with Crippen molar-refractivity contribution >= 4 is 16.2 Å². The van der Waals surface area contributed by atoms with Crippen LogP contribution >= 0.6 is 0 Å². The quantitative estimate of drug-likeness (QED) is 0.657. The van der Waals surface area contributed by atoms with E-state index >= 15 is 0 Å². The van der Waals surface area contributed by atoms with Gasteiger partial charge in [0.1, 0.15) is 6.10 Å². The van der Waals surface area contributed by atoms with Crippen LogP contribution in [0.3, 0.4) is 0 Å². The summed E-state index contributed by atoms with van der Waals surface area (Å²) in [4.78, 5) is 16.2. The van der Waals surface area contributed by atoms with Crippen LogP contribution in [0.15, 0.2) is 18.3 Å². The number of nitrogens with zero attached hydrogens (tertiary/aromatic N) is 2. The molecule has 1 N–H and O–H groups in total. The Hall–Kier alpha value is -1.71. The Balaban J connectivity index is 1.56. The van der Waals surface area contributed by atoms with Gasteiger partial charge in [0, 0.05) is 31.9 Å². The fraction of sp³-hybridized carbons (Fsp3) is 0.684. The summed E-state index contributed by atoms with van der Waals surface area (Å²) in [5.74, 6) is -0.202. The van der Waals surface area contributed by atoms with E-state index in [1.165, 1.54) is 17.1 Å². The number of nitrogens with one attached hydrogen (secondary N) is 1. The fourth-order valence-corrected chi connectivity index (χ4v) is 4.96. The first kappa shape index (κ1) is 21.0. The summed E-state index contributed by atoms with van der Waals surface area (Å²) in [6, 6.07) is 3.54. The largest absolute Gasteiger partial charge is 0.474 e. The van der Waals surface area contributed by atoms with Crippen molar-refractivity contribution in [1.82, 2.24) is 14.0 Å². The molecule has 9 heteroatoms. The van der Waals surface area contributed by atoms with Crippen molar-refractivity contribution in [2.45, 2.75) is 58.1 Å². The first-order valence-electron chi connectivity index (χ1n) is 10.0. The zero-order chi connectivity index (χ0) is 20.0. The highest BCUT2D eigenvalue weighted by Crippen LogP contribution is 2.23. The summed E-state index contributed by atoms with van der Waals surface area (Å²) in [6.45, 7) is 2.74. The van der Waals surface area contributed by atoms with Crippen molar-refractivity contribution in [2.24, 2.45) is 5.92 Å². The third kappa shape index (κ3) is 5.65. The average Bonchev–Trinajstić information content (AvgIpc) is 3.20. The second-order valence-corrected chi connectivity index (χ2v) is 9.06. The molecule has 1 aliphatic heterocycles. The van der Waals surface area contributed by atoms with Crippen molar-refractivity contribution in [2.75, 3.05) is 19.7 Å². The van der Waals surface area contributed by atoms with Gasteiger partial charge in [-0.15, -0.1) is 0 Å². The lowest BCUT2D eigenvalue weighted by Gasteiger charge is -2.30. The van der Waals surface area contributed by atoms with Crippen LogP contribution in [-0.4, -0.2) is 49.5 Å². The van der Waals surface area contributed by atoms with Gasteiger partial charge in [-0.05, 0) is 57.1 Å². The lowest BCUT2D eigenvalue weighted by Crippen LogP contribution is -2.47. The zero-order valence-electron chi connectivity index (χ0n) is 16.3. The Morgan fingerprint density at radius 3 is 2.82 bits per heavy atom. The molecule has 2 fully saturated rings. The number of ether oxygens (including phenoxy) is 2. The maximum absolute atomic E-state index is 12.7. The number of pyridine rings is 1. The molecule has 0 radical (unpaired) electrons. The SMILES string of the molecule is CCOC(=O)[C@H]1CCCN(S(=O)(=O)NCc2ccnc(OC3CCCC3)c2)C1. The van der Waals surface area contributed by atoms with Gasteiger partial charge in [-0.1, -0.05) is 0 Å². The molecule has 3 rings (SSSR count). The van der Waals surface area contributed by atoms with E-state index in [1.807, 2.05) is 0 Å². The number of esters is 1. The van der Waals surface area contributed by atoms with E-state index in [-0.39, 0.29) is 25.2 Å². The molecule has 1 saturated carbocycles. The lowest BCUT2D eigenvalue weighted by atomic mass is 10.0. The molecule has 28 heavy (non-hydrogen) atoms. The molecular weight excluding hydrogens is 382 g/mol. The molecule has 0 bridgehead atoms. The number of hydrogen-bond acceptors (Lipinski definition) is 6. The summed E-state index contributed by atoms with van der Waals surface area (Å²) in [7, 11) is -3.68. The number of aromatic nitrogens is 1. The van der Waals surface area contributed by atoms with Crippen molar-refractivity contribution in [3.8, 4) is 5.88 Å².